The number of unbranched alkanes of at least 4 members (excludes halogenated alkanes) is 1. The number of rotatable bonds is 10. The van der Waals surface area contributed by atoms with Crippen molar-refractivity contribution in [3.8, 4) is 0 Å². The van der Waals surface area contributed by atoms with Crippen LogP contribution >= 0.6 is 0 Å². The van der Waals surface area contributed by atoms with Crippen molar-refractivity contribution in [2.45, 2.75) is 84.0 Å². The highest BCUT2D eigenvalue weighted by Gasteiger charge is 2.29. The summed E-state index contributed by atoms with van der Waals surface area (Å²) in [6, 6.07) is 0. The maximum Gasteiger partial charge on any atom is 0.165 e. The molecular formula is C16H32O3. The monoisotopic (exact) mass is 272 g/mol. The van der Waals surface area contributed by atoms with Crippen molar-refractivity contribution in [3.63, 3.8) is 0 Å². The SMILES string of the molecule is CCC[C@@H](C)CCC(O)CCCCC1(C)OCCO1. The fourth-order valence-electron chi connectivity index (χ4n) is 2.79. The third-order valence-corrected chi connectivity index (χ3v) is 4.09. The molecule has 1 rings (SSSR count). The molecule has 0 aliphatic carbocycles. The Morgan fingerprint density at radius 3 is 2.37 bits per heavy atom. The fourth-order valence-corrected chi connectivity index (χ4v) is 2.79. The minimum Gasteiger partial charge on any atom is -0.393 e. The highest BCUT2D eigenvalue weighted by molar-refractivity contribution is 4.68. The Labute approximate surface area is 118 Å². The van der Waals surface area contributed by atoms with E-state index in [-0.39, 0.29) is 11.9 Å². The van der Waals surface area contributed by atoms with E-state index in [1.165, 1.54) is 12.8 Å². The molecule has 0 aromatic rings. The zero-order valence-electron chi connectivity index (χ0n) is 13.0. The van der Waals surface area contributed by atoms with Crippen LogP contribution < -0.4 is 0 Å². The number of hydrogen-bond acceptors (Lipinski definition) is 3. The van der Waals surface area contributed by atoms with Crippen LogP contribution in [0, 0.1) is 5.92 Å². The molecule has 1 saturated heterocycles. The van der Waals surface area contributed by atoms with Crippen LogP contribution in [0.15, 0.2) is 0 Å². The summed E-state index contributed by atoms with van der Waals surface area (Å²) in [5.41, 5.74) is 0. The zero-order valence-corrected chi connectivity index (χ0v) is 13.0. The Kier molecular flexibility index (Phi) is 7.96. The lowest BCUT2D eigenvalue weighted by Crippen LogP contribution is -2.25. The van der Waals surface area contributed by atoms with Crippen LogP contribution in [0.25, 0.3) is 0 Å². The highest BCUT2D eigenvalue weighted by atomic mass is 16.7. The van der Waals surface area contributed by atoms with Gasteiger partial charge >= 0.3 is 0 Å². The van der Waals surface area contributed by atoms with E-state index >= 15 is 0 Å². The van der Waals surface area contributed by atoms with Gasteiger partial charge in [0.05, 0.1) is 19.3 Å². The molecule has 1 heterocycles. The Morgan fingerprint density at radius 1 is 1.05 bits per heavy atom. The first kappa shape index (κ1) is 16.9. The Morgan fingerprint density at radius 2 is 1.74 bits per heavy atom. The second-order valence-corrected chi connectivity index (χ2v) is 6.20. The van der Waals surface area contributed by atoms with E-state index in [1.807, 2.05) is 6.92 Å². The summed E-state index contributed by atoms with van der Waals surface area (Å²) >= 11 is 0. The molecule has 0 radical (unpaired) electrons. The number of aliphatic hydroxyl groups is 1. The van der Waals surface area contributed by atoms with Crippen molar-refractivity contribution in [2.75, 3.05) is 13.2 Å². The van der Waals surface area contributed by atoms with E-state index in [4.69, 9.17) is 9.47 Å². The Bertz CT molecular complexity index is 224. The van der Waals surface area contributed by atoms with Gasteiger partial charge in [0.2, 0.25) is 0 Å². The smallest absolute Gasteiger partial charge is 0.165 e. The van der Waals surface area contributed by atoms with Gasteiger partial charge in [0.15, 0.2) is 5.79 Å². The standard InChI is InChI=1S/C16H32O3/c1-4-7-14(2)9-10-15(17)8-5-6-11-16(3)18-12-13-19-16/h14-15,17H,4-13H2,1-3H3/t14-,15?/m1/s1. The quantitative estimate of drug-likeness (QED) is 0.613. The minimum atomic E-state index is -0.361. The van der Waals surface area contributed by atoms with Crippen molar-refractivity contribution < 1.29 is 14.6 Å². The Balaban J connectivity index is 1.99. The summed E-state index contributed by atoms with van der Waals surface area (Å²) in [5, 5.41) is 9.96. The molecule has 1 aliphatic rings. The molecule has 1 fully saturated rings. The van der Waals surface area contributed by atoms with Crippen LogP contribution in [0.2, 0.25) is 0 Å². The molecule has 3 nitrogen and oxygen atoms in total. The first-order valence-electron chi connectivity index (χ1n) is 8.01. The van der Waals surface area contributed by atoms with E-state index in [0.717, 1.165) is 44.4 Å². The summed E-state index contributed by atoms with van der Waals surface area (Å²) < 4.78 is 11.1. The van der Waals surface area contributed by atoms with Crippen LogP contribution in [0.1, 0.15) is 72.1 Å². The summed E-state index contributed by atoms with van der Waals surface area (Å²) in [6.45, 7) is 7.96. The molecule has 2 atom stereocenters. The highest BCUT2D eigenvalue weighted by Crippen LogP contribution is 2.25. The predicted octanol–water partition coefficient (Wildman–Crippen LogP) is 3.89. The van der Waals surface area contributed by atoms with E-state index in [0.29, 0.717) is 13.2 Å². The predicted molar refractivity (Wildman–Crippen MR) is 78.1 cm³/mol. The molecule has 0 spiro atoms. The summed E-state index contributed by atoms with van der Waals surface area (Å²) in [4.78, 5) is 0. The molecule has 0 bridgehead atoms. The minimum absolute atomic E-state index is 0.127. The second kappa shape index (κ2) is 8.93. The van der Waals surface area contributed by atoms with Gasteiger partial charge in [-0.2, -0.15) is 0 Å². The van der Waals surface area contributed by atoms with Gasteiger partial charge in [0, 0.05) is 6.42 Å². The van der Waals surface area contributed by atoms with Gasteiger partial charge in [-0.1, -0.05) is 33.1 Å². The Hall–Kier alpha value is -0.120. The largest absolute Gasteiger partial charge is 0.393 e. The van der Waals surface area contributed by atoms with Crippen molar-refractivity contribution in [1.29, 1.82) is 0 Å². The molecule has 0 amide bonds. The molecule has 0 aromatic carbocycles. The number of hydrogen-bond donors (Lipinski definition) is 1. The molecule has 0 aromatic heterocycles. The van der Waals surface area contributed by atoms with Crippen LogP contribution in [-0.2, 0) is 9.47 Å². The molecule has 0 saturated carbocycles. The summed E-state index contributed by atoms with van der Waals surface area (Å²) in [5.74, 6) is 0.388. The van der Waals surface area contributed by atoms with Crippen LogP contribution in [0.5, 0.6) is 0 Å². The first-order valence-corrected chi connectivity index (χ1v) is 8.01. The lowest BCUT2D eigenvalue weighted by molar-refractivity contribution is -0.147. The average molecular weight is 272 g/mol. The normalized spacial score (nSPS) is 21.5. The number of ether oxygens (including phenoxy) is 2. The fraction of sp³-hybridized carbons (Fsp3) is 1.00. The molecule has 3 heteroatoms. The molecular weight excluding hydrogens is 240 g/mol. The third kappa shape index (κ3) is 7.28. The van der Waals surface area contributed by atoms with Crippen molar-refractivity contribution in [3.05, 3.63) is 0 Å². The van der Waals surface area contributed by atoms with Crippen LogP contribution in [0.3, 0.4) is 0 Å². The van der Waals surface area contributed by atoms with E-state index in [9.17, 15) is 5.11 Å². The van der Waals surface area contributed by atoms with Crippen LogP contribution in [0.4, 0.5) is 0 Å². The van der Waals surface area contributed by atoms with E-state index < -0.39 is 0 Å². The van der Waals surface area contributed by atoms with E-state index in [1.54, 1.807) is 0 Å². The van der Waals surface area contributed by atoms with Gasteiger partial charge in [-0.25, -0.2) is 0 Å². The third-order valence-electron chi connectivity index (χ3n) is 4.09. The lowest BCUT2D eigenvalue weighted by atomic mass is 9.96. The number of aliphatic hydroxyl groups excluding tert-OH is 1. The molecule has 114 valence electrons. The van der Waals surface area contributed by atoms with Crippen LogP contribution in [-0.4, -0.2) is 30.2 Å². The van der Waals surface area contributed by atoms with Gasteiger partial charge in [0.1, 0.15) is 0 Å². The first-order chi connectivity index (χ1) is 9.06. The second-order valence-electron chi connectivity index (χ2n) is 6.20. The van der Waals surface area contributed by atoms with Gasteiger partial charge in [0.25, 0.3) is 0 Å². The molecule has 19 heavy (non-hydrogen) atoms. The topological polar surface area (TPSA) is 38.7 Å². The molecule has 1 aliphatic heterocycles. The van der Waals surface area contributed by atoms with Gasteiger partial charge < -0.3 is 14.6 Å². The summed E-state index contributed by atoms with van der Waals surface area (Å²) in [6.07, 6.45) is 8.47. The molecule has 1 unspecified atom stereocenters. The average Bonchev–Trinajstić information content (AvgIpc) is 2.80. The maximum atomic E-state index is 9.96. The lowest BCUT2D eigenvalue weighted by Gasteiger charge is -2.22. The molecule has 1 N–H and O–H groups in total. The van der Waals surface area contributed by atoms with E-state index in [2.05, 4.69) is 13.8 Å². The summed E-state index contributed by atoms with van der Waals surface area (Å²) in [7, 11) is 0. The van der Waals surface area contributed by atoms with Crippen molar-refractivity contribution in [2.24, 2.45) is 5.92 Å². The van der Waals surface area contributed by atoms with Gasteiger partial charge in [-0.05, 0) is 38.5 Å². The van der Waals surface area contributed by atoms with Crippen molar-refractivity contribution >= 4 is 0 Å². The maximum absolute atomic E-state index is 9.96. The van der Waals surface area contributed by atoms with Gasteiger partial charge in [-0.15, -0.1) is 0 Å². The van der Waals surface area contributed by atoms with Crippen molar-refractivity contribution in [1.82, 2.24) is 0 Å². The zero-order chi connectivity index (χ0) is 14.1. The van der Waals surface area contributed by atoms with Gasteiger partial charge in [-0.3, -0.25) is 0 Å².